The summed E-state index contributed by atoms with van der Waals surface area (Å²) in [5.41, 5.74) is -0.631. The van der Waals surface area contributed by atoms with E-state index in [1.54, 1.807) is 6.92 Å². The van der Waals surface area contributed by atoms with Gasteiger partial charge in [-0.05, 0) is 27.1 Å². The van der Waals surface area contributed by atoms with Crippen LogP contribution in [0.5, 0.6) is 0 Å². The maximum atomic E-state index is 13.7. The summed E-state index contributed by atoms with van der Waals surface area (Å²) in [5, 5.41) is 16.3. The Labute approximate surface area is 122 Å². The van der Waals surface area contributed by atoms with Gasteiger partial charge in [-0.25, -0.2) is 4.39 Å². The first-order valence-electron chi connectivity index (χ1n) is 6.51. The Morgan fingerprint density at radius 1 is 1.43 bits per heavy atom. The normalized spacial score (nSPS) is 10.5. The van der Waals surface area contributed by atoms with Crippen LogP contribution in [0.15, 0.2) is 12.1 Å². The highest BCUT2D eigenvalue weighted by Crippen LogP contribution is 2.26. The van der Waals surface area contributed by atoms with Crippen LogP contribution in [-0.4, -0.2) is 49.5 Å². The Hall–Kier alpha value is -2.22. The molecule has 0 aliphatic carbocycles. The molecule has 21 heavy (non-hydrogen) atoms. The quantitative estimate of drug-likeness (QED) is 0.588. The number of rotatable bonds is 7. The van der Waals surface area contributed by atoms with Gasteiger partial charge in [-0.3, -0.25) is 14.9 Å². The van der Waals surface area contributed by atoms with Crippen molar-refractivity contribution in [1.29, 1.82) is 0 Å². The van der Waals surface area contributed by atoms with Crippen LogP contribution in [0.1, 0.15) is 17.3 Å². The molecule has 0 aliphatic rings. The second-order valence-corrected chi connectivity index (χ2v) is 4.70. The maximum absolute atomic E-state index is 13.7. The number of nitro benzene ring substituents is 1. The van der Waals surface area contributed by atoms with Crippen LogP contribution < -0.4 is 10.6 Å². The van der Waals surface area contributed by atoms with Crippen molar-refractivity contribution in [2.75, 3.05) is 39.0 Å². The van der Waals surface area contributed by atoms with Crippen LogP contribution in [0.3, 0.4) is 0 Å². The van der Waals surface area contributed by atoms with E-state index in [1.165, 1.54) is 6.07 Å². The molecule has 0 aliphatic heterocycles. The molecular weight excluding hydrogens is 279 g/mol. The van der Waals surface area contributed by atoms with Gasteiger partial charge >= 0.3 is 0 Å². The molecule has 116 valence electrons. The molecule has 0 bridgehead atoms. The number of likely N-dealkylation sites (N-methyl/N-ethyl adjacent to an activating group) is 1. The van der Waals surface area contributed by atoms with Crippen molar-refractivity contribution in [2.24, 2.45) is 0 Å². The third-order valence-corrected chi connectivity index (χ3v) is 2.74. The summed E-state index contributed by atoms with van der Waals surface area (Å²) in [6, 6.07) is 1.93. The van der Waals surface area contributed by atoms with Gasteiger partial charge in [0.1, 0.15) is 5.56 Å². The van der Waals surface area contributed by atoms with E-state index in [1.807, 2.05) is 19.0 Å². The largest absolute Gasteiger partial charge is 0.383 e. The smallest absolute Gasteiger partial charge is 0.285 e. The molecule has 7 nitrogen and oxygen atoms in total. The summed E-state index contributed by atoms with van der Waals surface area (Å²) in [6.45, 7) is 3.14. The SMILES string of the molecule is CCNc1cc(C(=O)NCCN(C)C)c([N+](=O)[O-])cc1F. The molecule has 0 radical (unpaired) electrons. The van der Waals surface area contributed by atoms with E-state index in [0.717, 1.165) is 6.07 Å². The van der Waals surface area contributed by atoms with Crippen molar-refractivity contribution < 1.29 is 14.1 Å². The first kappa shape index (κ1) is 16.8. The lowest BCUT2D eigenvalue weighted by Crippen LogP contribution is -2.31. The second kappa shape index (κ2) is 7.53. The van der Waals surface area contributed by atoms with Gasteiger partial charge in [0.05, 0.1) is 16.7 Å². The minimum absolute atomic E-state index is 0.0702. The molecule has 0 unspecified atom stereocenters. The number of benzene rings is 1. The standard InChI is InChI=1S/C13H19FN4O3/c1-4-15-11-7-9(12(18(20)21)8-10(11)14)13(19)16-5-6-17(2)3/h7-8,15H,4-6H2,1-3H3,(H,16,19). The molecule has 0 spiro atoms. The average Bonchev–Trinajstić information content (AvgIpc) is 2.40. The molecule has 0 atom stereocenters. The van der Waals surface area contributed by atoms with E-state index in [9.17, 15) is 19.3 Å². The van der Waals surface area contributed by atoms with E-state index in [4.69, 9.17) is 0 Å². The van der Waals surface area contributed by atoms with Gasteiger partial charge in [-0.2, -0.15) is 0 Å². The number of nitro groups is 1. The molecule has 0 aromatic heterocycles. The number of amides is 1. The molecule has 1 amide bonds. The molecule has 1 rings (SSSR count). The van der Waals surface area contributed by atoms with Gasteiger partial charge in [-0.1, -0.05) is 0 Å². The van der Waals surface area contributed by atoms with Crippen molar-refractivity contribution in [3.8, 4) is 0 Å². The van der Waals surface area contributed by atoms with Crippen molar-refractivity contribution in [3.63, 3.8) is 0 Å². The predicted octanol–water partition coefficient (Wildman–Crippen LogP) is 1.46. The lowest BCUT2D eigenvalue weighted by Gasteiger charge is -2.12. The molecule has 8 heteroatoms. The van der Waals surface area contributed by atoms with Crippen molar-refractivity contribution in [3.05, 3.63) is 33.6 Å². The summed E-state index contributed by atoms with van der Waals surface area (Å²) in [5.74, 6) is -1.35. The number of halogens is 1. The fourth-order valence-corrected chi connectivity index (χ4v) is 1.71. The van der Waals surface area contributed by atoms with Crippen LogP contribution >= 0.6 is 0 Å². The van der Waals surface area contributed by atoms with Gasteiger partial charge in [0, 0.05) is 19.6 Å². The second-order valence-electron chi connectivity index (χ2n) is 4.70. The lowest BCUT2D eigenvalue weighted by molar-refractivity contribution is -0.385. The Kier molecular flexibility index (Phi) is 6.04. The highest BCUT2D eigenvalue weighted by atomic mass is 19.1. The van der Waals surface area contributed by atoms with Crippen LogP contribution in [0.4, 0.5) is 15.8 Å². The molecular formula is C13H19FN4O3. The Morgan fingerprint density at radius 3 is 2.62 bits per heavy atom. The van der Waals surface area contributed by atoms with E-state index in [0.29, 0.717) is 19.6 Å². The van der Waals surface area contributed by atoms with Crippen molar-refractivity contribution in [1.82, 2.24) is 10.2 Å². The molecule has 0 fully saturated rings. The number of hydrogen-bond acceptors (Lipinski definition) is 5. The van der Waals surface area contributed by atoms with E-state index >= 15 is 0 Å². The third-order valence-electron chi connectivity index (χ3n) is 2.74. The minimum atomic E-state index is -0.764. The van der Waals surface area contributed by atoms with Gasteiger partial charge < -0.3 is 15.5 Å². The summed E-state index contributed by atoms with van der Waals surface area (Å²) >= 11 is 0. The van der Waals surface area contributed by atoms with Crippen molar-refractivity contribution >= 4 is 17.3 Å². The average molecular weight is 298 g/mol. The number of anilines is 1. The number of carbonyl (C=O) groups excluding carboxylic acids is 1. The van der Waals surface area contributed by atoms with E-state index in [2.05, 4.69) is 10.6 Å². The molecule has 1 aromatic carbocycles. The molecule has 0 heterocycles. The molecule has 1 aromatic rings. The number of nitrogens with zero attached hydrogens (tertiary/aromatic N) is 2. The summed E-state index contributed by atoms with van der Waals surface area (Å²) in [4.78, 5) is 24.1. The fraction of sp³-hybridized carbons (Fsp3) is 0.462. The predicted molar refractivity (Wildman–Crippen MR) is 78.1 cm³/mol. The highest BCUT2D eigenvalue weighted by molar-refractivity contribution is 5.99. The zero-order valence-corrected chi connectivity index (χ0v) is 12.3. The van der Waals surface area contributed by atoms with Gasteiger partial charge in [0.2, 0.25) is 0 Å². The number of nitrogens with one attached hydrogen (secondary N) is 2. The third kappa shape index (κ3) is 4.67. The van der Waals surface area contributed by atoms with Gasteiger partial charge in [0.25, 0.3) is 11.6 Å². The number of carbonyl (C=O) groups is 1. The Morgan fingerprint density at radius 2 is 2.10 bits per heavy atom. The fourth-order valence-electron chi connectivity index (χ4n) is 1.71. The summed E-state index contributed by atoms with van der Waals surface area (Å²) in [6.07, 6.45) is 0. The maximum Gasteiger partial charge on any atom is 0.285 e. The topological polar surface area (TPSA) is 87.5 Å². The zero-order valence-electron chi connectivity index (χ0n) is 12.3. The molecule has 0 saturated heterocycles. The van der Waals surface area contributed by atoms with E-state index in [-0.39, 0.29) is 11.3 Å². The highest BCUT2D eigenvalue weighted by Gasteiger charge is 2.23. The van der Waals surface area contributed by atoms with E-state index < -0.39 is 22.3 Å². The van der Waals surface area contributed by atoms with Crippen LogP contribution in [0.25, 0.3) is 0 Å². The molecule has 0 saturated carbocycles. The van der Waals surface area contributed by atoms with Crippen LogP contribution in [0, 0.1) is 15.9 Å². The zero-order chi connectivity index (χ0) is 16.0. The lowest BCUT2D eigenvalue weighted by atomic mass is 10.1. The molecule has 2 N–H and O–H groups in total. The van der Waals surface area contributed by atoms with Crippen LogP contribution in [0.2, 0.25) is 0 Å². The number of hydrogen-bond donors (Lipinski definition) is 2. The van der Waals surface area contributed by atoms with Crippen LogP contribution in [-0.2, 0) is 0 Å². The summed E-state index contributed by atoms with van der Waals surface area (Å²) < 4.78 is 13.7. The minimum Gasteiger partial charge on any atom is -0.383 e. The first-order valence-corrected chi connectivity index (χ1v) is 6.51. The Balaban J connectivity index is 3.04. The first-order chi connectivity index (χ1) is 9.86. The summed E-state index contributed by atoms with van der Waals surface area (Å²) in [7, 11) is 3.69. The monoisotopic (exact) mass is 298 g/mol. The van der Waals surface area contributed by atoms with Gasteiger partial charge in [-0.15, -0.1) is 0 Å². The van der Waals surface area contributed by atoms with Crippen molar-refractivity contribution in [2.45, 2.75) is 6.92 Å². The Bertz CT molecular complexity index is 534. The van der Waals surface area contributed by atoms with Gasteiger partial charge in [0.15, 0.2) is 5.82 Å².